The monoisotopic (exact) mass is 263 g/mol. The van der Waals surface area contributed by atoms with Gasteiger partial charge in [-0.15, -0.1) is 0 Å². The molecule has 1 saturated heterocycles. The van der Waals surface area contributed by atoms with Gasteiger partial charge in [0.25, 0.3) is 0 Å². The largest absolute Gasteiger partial charge is 0.478 e. The maximum absolute atomic E-state index is 10.4. The fourth-order valence-electron chi connectivity index (χ4n) is 1.97. The van der Waals surface area contributed by atoms with E-state index in [1.807, 2.05) is 23.9 Å². The summed E-state index contributed by atoms with van der Waals surface area (Å²) < 4.78 is 0. The van der Waals surface area contributed by atoms with Crippen LogP contribution in [0.5, 0.6) is 0 Å². The molecule has 18 heavy (non-hydrogen) atoms. The van der Waals surface area contributed by atoms with Gasteiger partial charge in [0.05, 0.1) is 0 Å². The van der Waals surface area contributed by atoms with Gasteiger partial charge >= 0.3 is 5.97 Å². The third-order valence-electron chi connectivity index (χ3n) is 2.90. The highest BCUT2D eigenvalue weighted by Gasteiger charge is 2.09. The Morgan fingerprint density at radius 2 is 2.00 bits per heavy atom. The molecule has 1 aliphatic rings. The summed E-state index contributed by atoms with van der Waals surface area (Å²) in [6, 6.07) is 8.06. The van der Waals surface area contributed by atoms with E-state index in [-0.39, 0.29) is 0 Å². The summed E-state index contributed by atoms with van der Waals surface area (Å²) in [6.07, 6.45) is 4.01. The lowest BCUT2D eigenvalue weighted by Crippen LogP contribution is -2.25. The third kappa shape index (κ3) is 3.81. The molecular weight excluding hydrogens is 246 g/mol. The highest BCUT2D eigenvalue weighted by molar-refractivity contribution is 7.99. The van der Waals surface area contributed by atoms with Crippen LogP contribution in [0.15, 0.2) is 30.3 Å². The SMILES string of the molecule is O=C(O)C=Cc1ccc(N2CCCSCC2)cc1. The average molecular weight is 263 g/mol. The standard InChI is InChI=1S/C14H17NO2S/c16-14(17)7-4-12-2-5-13(6-3-12)15-8-1-10-18-11-9-15/h2-7H,1,8-11H2,(H,16,17). The first-order valence-electron chi connectivity index (χ1n) is 6.09. The molecule has 0 unspecified atom stereocenters. The number of thioether (sulfide) groups is 1. The molecule has 0 aromatic heterocycles. The van der Waals surface area contributed by atoms with E-state index < -0.39 is 5.97 Å². The number of carboxylic acids is 1. The Morgan fingerprint density at radius 3 is 2.72 bits per heavy atom. The van der Waals surface area contributed by atoms with Crippen LogP contribution < -0.4 is 4.90 Å². The second-order valence-electron chi connectivity index (χ2n) is 4.22. The first kappa shape index (κ1) is 13.0. The summed E-state index contributed by atoms with van der Waals surface area (Å²) in [5.74, 6) is 1.51. The molecule has 1 aromatic carbocycles. The molecule has 2 rings (SSSR count). The minimum absolute atomic E-state index is 0.913. The van der Waals surface area contributed by atoms with E-state index in [9.17, 15) is 4.79 Å². The number of nitrogens with zero attached hydrogens (tertiary/aromatic N) is 1. The lowest BCUT2D eigenvalue weighted by atomic mass is 10.2. The molecule has 0 aliphatic carbocycles. The highest BCUT2D eigenvalue weighted by atomic mass is 32.2. The van der Waals surface area contributed by atoms with Crippen LogP contribution in [0.25, 0.3) is 6.08 Å². The van der Waals surface area contributed by atoms with Gasteiger partial charge in [0.1, 0.15) is 0 Å². The van der Waals surface area contributed by atoms with E-state index in [1.165, 1.54) is 23.6 Å². The molecule has 3 nitrogen and oxygen atoms in total. The first-order chi connectivity index (χ1) is 8.75. The van der Waals surface area contributed by atoms with Crippen molar-refractivity contribution in [3.63, 3.8) is 0 Å². The summed E-state index contributed by atoms with van der Waals surface area (Å²) in [7, 11) is 0. The van der Waals surface area contributed by atoms with Crippen molar-refractivity contribution < 1.29 is 9.90 Å². The van der Waals surface area contributed by atoms with Crippen molar-refractivity contribution >= 4 is 29.5 Å². The minimum atomic E-state index is -0.913. The van der Waals surface area contributed by atoms with E-state index in [1.54, 1.807) is 6.08 Å². The molecule has 1 aromatic rings. The molecule has 1 aliphatic heterocycles. The van der Waals surface area contributed by atoms with Crippen molar-refractivity contribution in [1.82, 2.24) is 0 Å². The number of anilines is 1. The zero-order valence-electron chi connectivity index (χ0n) is 10.2. The predicted molar refractivity (Wildman–Crippen MR) is 77.3 cm³/mol. The summed E-state index contributed by atoms with van der Waals surface area (Å²) in [6.45, 7) is 2.20. The van der Waals surface area contributed by atoms with Gasteiger partial charge in [-0.3, -0.25) is 0 Å². The van der Waals surface area contributed by atoms with Crippen LogP contribution in [-0.4, -0.2) is 35.7 Å². The zero-order chi connectivity index (χ0) is 12.8. The van der Waals surface area contributed by atoms with Crippen LogP contribution in [0, 0.1) is 0 Å². The molecular formula is C14H17NO2S. The summed E-state index contributed by atoms with van der Waals surface area (Å²) in [5.41, 5.74) is 2.15. The minimum Gasteiger partial charge on any atom is -0.478 e. The molecule has 0 atom stereocenters. The lowest BCUT2D eigenvalue weighted by Gasteiger charge is -2.22. The van der Waals surface area contributed by atoms with Crippen LogP contribution in [-0.2, 0) is 4.79 Å². The van der Waals surface area contributed by atoms with Gasteiger partial charge in [0.2, 0.25) is 0 Å². The van der Waals surface area contributed by atoms with E-state index in [0.29, 0.717) is 0 Å². The molecule has 0 bridgehead atoms. The lowest BCUT2D eigenvalue weighted by molar-refractivity contribution is -0.131. The Balaban J connectivity index is 2.04. The van der Waals surface area contributed by atoms with Gasteiger partial charge in [-0.2, -0.15) is 11.8 Å². The molecule has 0 radical (unpaired) electrons. The highest BCUT2D eigenvalue weighted by Crippen LogP contribution is 2.20. The summed E-state index contributed by atoms with van der Waals surface area (Å²) in [4.78, 5) is 12.8. The Labute approximate surface area is 111 Å². The maximum atomic E-state index is 10.4. The Bertz CT molecular complexity index is 420. The number of carbonyl (C=O) groups is 1. The molecule has 4 heteroatoms. The molecule has 1 N–H and O–H groups in total. The Hall–Kier alpha value is -1.42. The Morgan fingerprint density at radius 1 is 1.22 bits per heavy atom. The summed E-state index contributed by atoms with van der Waals surface area (Å²) >= 11 is 2.01. The van der Waals surface area contributed by atoms with Crippen molar-refractivity contribution in [2.75, 3.05) is 29.5 Å². The fraction of sp³-hybridized carbons (Fsp3) is 0.357. The topological polar surface area (TPSA) is 40.5 Å². The smallest absolute Gasteiger partial charge is 0.328 e. The van der Waals surface area contributed by atoms with Crippen molar-refractivity contribution in [1.29, 1.82) is 0 Å². The van der Waals surface area contributed by atoms with Gasteiger partial charge in [-0.1, -0.05) is 12.1 Å². The van der Waals surface area contributed by atoms with Crippen LogP contribution in [0.2, 0.25) is 0 Å². The fourth-order valence-corrected chi connectivity index (χ4v) is 2.85. The second-order valence-corrected chi connectivity index (χ2v) is 5.44. The number of hydrogen-bond donors (Lipinski definition) is 1. The quantitative estimate of drug-likeness (QED) is 0.851. The molecule has 0 saturated carbocycles. The normalized spacial score (nSPS) is 16.8. The van der Waals surface area contributed by atoms with Crippen LogP contribution in [0.1, 0.15) is 12.0 Å². The van der Waals surface area contributed by atoms with Crippen molar-refractivity contribution in [2.45, 2.75) is 6.42 Å². The van der Waals surface area contributed by atoms with E-state index in [4.69, 9.17) is 5.11 Å². The summed E-state index contributed by atoms with van der Waals surface area (Å²) in [5, 5.41) is 8.57. The van der Waals surface area contributed by atoms with Gasteiger partial charge in [0.15, 0.2) is 0 Å². The predicted octanol–water partition coefficient (Wildman–Crippen LogP) is 2.73. The Kier molecular flexibility index (Phi) is 4.70. The average Bonchev–Trinajstić information content (AvgIpc) is 2.66. The van der Waals surface area contributed by atoms with Gasteiger partial charge in [-0.05, 0) is 35.9 Å². The number of carboxylic acid groups (broad SMARTS) is 1. The van der Waals surface area contributed by atoms with Gasteiger partial charge in [-0.25, -0.2) is 4.79 Å². The number of rotatable bonds is 3. The van der Waals surface area contributed by atoms with Crippen LogP contribution in [0.3, 0.4) is 0 Å². The molecule has 1 heterocycles. The van der Waals surface area contributed by atoms with E-state index >= 15 is 0 Å². The van der Waals surface area contributed by atoms with E-state index in [2.05, 4.69) is 17.0 Å². The first-order valence-corrected chi connectivity index (χ1v) is 7.25. The molecule has 0 spiro atoms. The van der Waals surface area contributed by atoms with Gasteiger partial charge < -0.3 is 10.0 Å². The van der Waals surface area contributed by atoms with Gasteiger partial charge in [0, 0.05) is 30.6 Å². The van der Waals surface area contributed by atoms with E-state index in [0.717, 1.165) is 24.7 Å². The number of hydrogen-bond acceptors (Lipinski definition) is 3. The zero-order valence-corrected chi connectivity index (χ0v) is 11.0. The maximum Gasteiger partial charge on any atom is 0.328 e. The molecule has 0 amide bonds. The second kappa shape index (κ2) is 6.50. The van der Waals surface area contributed by atoms with Crippen LogP contribution >= 0.6 is 11.8 Å². The number of aliphatic carboxylic acids is 1. The molecule has 1 fully saturated rings. The van der Waals surface area contributed by atoms with Crippen molar-refractivity contribution in [2.24, 2.45) is 0 Å². The molecule has 96 valence electrons. The van der Waals surface area contributed by atoms with Crippen molar-refractivity contribution in [3.8, 4) is 0 Å². The van der Waals surface area contributed by atoms with Crippen molar-refractivity contribution in [3.05, 3.63) is 35.9 Å². The third-order valence-corrected chi connectivity index (χ3v) is 3.95. The number of benzene rings is 1. The van der Waals surface area contributed by atoms with Crippen LogP contribution in [0.4, 0.5) is 5.69 Å².